The van der Waals surface area contributed by atoms with Gasteiger partial charge in [-0.15, -0.1) is 0 Å². The van der Waals surface area contributed by atoms with Gasteiger partial charge >= 0.3 is 0 Å². The summed E-state index contributed by atoms with van der Waals surface area (Å²) in [6.07, 6.45) is 1.20. The lowest BCUT2D eigenvalue weighted by Crippen LogP contribution is -2.40. The van der Waals surface area contributed by atoms with Gasteiger partial charge in [-0.25, -0.2) is 0 Å². The maximum Gasteiger partial charge on any atom is 0.225 e. The Morgan fingerprint density at radius 2 is 1.38 bits per heavy atom. The molecule has 0 aromatic heterocycles. The minimum absolute atomic E-state index is 0.0422. The van der Waals surface area contributed by atoms with Crippen molar-refractivity contribution in [3.63, 3.8) is 0 Å². The van der Waals surface area contributed by atoms with Crippen LogP contribution < -0.4 is 21.3 Å². The first-order valence-corrected chi connectivity index (χ1v) is 10.2. The number of amides is 4. The average Bonchev–Trinajstić information content (AvgIpc) is 2.66. The van der Waals surface area contributed by atoms with Gasteiger partial charge in [-0.2, -0.15) is 0 Å². The summed E-state index contributed by atoms with van der Waals surface area (Å²) in [4.78, 5) is 46.4. The van der Waals surface area contributed by atoms with E-state index < -0.39 is 5.41 Å². The highest BCUT2D eigenvalue weighted by Gasteiger charge is 2.20. The number of carbonyl (C=O) groups is 4. The minimum atomic E-state index is -0.448. The maximum atomic E-state index is 11.9. The maximum absolute atomic E-state index is 11.9. The molecule has 0 aromatic rings. The lowest BCUT2D eigenvalue weighted by atomic mass is 9.96. The van der Waals surface area contributed by atoms with Crippen molar-refractivity contribution in [3.8, 4) is 0 Å². The van der Waals surface area contributed by atoms with Gasteiger partial charge in [0, 0.05) is 57.0 Å². The van der Waals surface area contributed by atoms with Gasteiger partial charge in [-0.1, -0.05) is 34.6 Å². The Balaban J connectivity index is 3.66. The van der Waals surface area contributed by atoms with Crippen LogP contribution in [0.2, 0.25) is 0 Å². The van der Waals surface area contributed by atoms with E-state index in [1.807, 2.05) is 27.7 Å². The van der Waals surface area contributed by atoms with E-state index in [2.05, 4.69) is 21.3 Å². The van der Waals surface area contributed by atoms with Crippen LogP contribution in [0.25, 0.3) is 0 Å². The molecule has 0 heterocycles. The third-order valence-electron chi connectivity index (χ3n) is 4.10. The number of hydrogen-bond donors (Lipinski definition) is 4. The standard InChI is InChI=1S/C20H38N4O5/c1-6-16(25)21-9-11-23-18(27)15(2)7-13-29-14-8-17(26)22-10-12-24-19(28)20(3,4)5/h15H,6-14H2,1-5H3,(H,21,25)(H,22,26)(H,23,27)(H,24,28). The molecule has 168 valence electrons. The molecule has 1 atom stereocenters. The molecular weight excluding hydrogens is 376 g/mol. The molecule has 9 heteroatoms. The van der Waals surface area contributed by atoms with Crippen LogP contribution in [0, 0.1) is 11.3 Å². The van der Waals surface area contributed by atoms with E-state index in [1.165, 1.54) is 0 Å². The second-order valence-corrected chi connectivity index (χ2v) is 7.90. The summed E-state index contributed by atoms with van der Waals surface area (Å²) in [5.74, 6) is -0.542. The van der Waals surface area contributed by atoms with Crippen molar-refractivity contribution in [2.24, 2.45) is 11.3 Å². The molecule has 0 fully saturated rings. The Kier molecular flexibility index (Phi) is 13.7. The smallest absolute Gasteiger partial charge is 0.225 e. The first-order chi connectivity index (χ1) is 13.6. The lowest BCUT2D eigenvalue weighted by molar-refractivity contribution is -0.128. The summed E-state index contributed by atoms with van der Waals surface area (Å²) < 4.78 is 5.42. The van der Waals surface area contributed by atoms with Crippen LogP contribution in [0.4, 0.5) is 0 Å². The number of carbonyl (C=O) groups excluding carboxylic acids is 4. The molecule has 0 aliphatic carbocycles. The van der Waals surface area contributed by atoms with Crippen molar-refractivity contribution >= 4 is 23.6 Å². The molecule has 0 bridgehead atoms. The molecule has 0 radical (unpaired) electrons. The second kappa shape index (κ2) is 14.8. The van der Waals surface area contributed by atoms with E-state index in [1.54, 1.807) is 6.92 Å². The zero-order valence-electron chi connectivity index (χ0n) is 18.5. The molecular formula is C20H38N4O5. The zero-order valence-corrected chi connectivity index (χ0v) is 18.5. The summed E-state index contributed by atoms with van der Waals surface area (Å²) in [5, 5.41) is 10.9. The molecule has 0 saturated heterocycles. The van der Waals surface area contributed by atoms with Gasteiger partial charge in [0.15, 0.2) is 0 Å². The molecule has 0 saturated carbocycles. The Hall–Kier alpha value is -2.16. The fourth-order valence-electron chi connectivity index (χ4n) is 2.08. The van der Waals surface area contributed by atoms with Crippen molar-refractivity contribution < 1.29 is 23.9 Å². The van der Waals surface area contributed by atoms with Gasteiger partial charge < -0.3 is 26.0 Å². The first-order valence-electron chi connectivity index (χ1n) is 10.2. The largest absolute Gasteiger partial charge is 0.381 e. The number of nitrogens with one attached hydrogen (secondary N) is 4. The van der Waals surface area contributed by atoms with E-state index >= 15 is 0 Å². The van der Waals surface area contributed by atoms with Crippen LogP contribution >= 0.6 is 0 Å². The van der Waals surface area contributed by atoms with Crippen molar-refractivity contribution in [1.82, 2.24) is 21.3 Å². The monoisotopic (exact) mass is 414 g/mol. The number of hydrogen-bond acceptors (Lipinski definition) is 5. The molecule has 29 heavy (non-hydrogen) atoms. The molecule has 0 aromatic carbocycles. The molecule has 4 amide bonds. The predicted octanol–water partition coefficient (Wildman–Crippen LogP) is 0.340. The Labute approximate surface area is 174 Å². The molecule has 0 aliphatic rings. The highest BCUT2D eigenvalue weighted by molar-refractivity contribution is 5.81. The van der Waals surface area contributed by atoms with Gasteiger partial charge in [0.05, 0.1) is 6.61 Å². The van der Waals surface area contributed by atoms with Crippen LogP contribution in [0.1, 0.15) is 53.9 Å². The van der Waals surface area contributed by atoms with E-state index in [9.17, 15) is 19.2 Å². The SMILES string of the molecule is CCC(=O)NCCNC(=O)C(C)CCOCCC(=O)NCCNC(=O)C(C)(C)C. The fourth-order valence-corrected chi connectivity index (χ4v) is 2.08. The molecule has 4 N–H and O–H groups in total. The van der Waals surface area contributed by atoms with Crippen LogP contribution in [-0.4, -0.2) is 63.0 Å². The molecule has 9 nitrogen and oxygen atoms in total. The van der Waals surface area contributed by atoms with Crippen molar-refractivity contribution in [2.75, 3.05) is 39.4 Å². The molecule has 0 spiro atoms. The third kappa shape index (κ3) is 14.5. The Bertz CT molecular complexity index is 531. The van der Waals surface area contributed by atoms with Crippen molar-refractivity contribution in [3.05, 3.63) is 0 Å². The van der Waals surface area contributed by atoms with E-state index in [0.717, 1.165) is 0 Å². The quantitative estimate of drug-likeness (QED) is 0.305. The minimum Gasteiger partial charge on any atom is -0.381 e. The van der Waals surface area contributed by atoms with E-state index in [0.29, 0.717) is 45.6 Å². The molecule has 0 rings (SSSR count). The summed E-state index contributed by atoms with van der Waals surface area (Å²) in [7, 11) is 0. The zero-order chi connectivity index (χ0) is 22.3. The fraction of sp³-hybridized carbons (Fsp3) is 0.800. The van der Waals surface area contributed by atoms with Gasteiger partial charge in [0.2, 0.25) is 23.6 Å². The second-order valence-electron chi connectivity index (χ2n) is 7.90. The van der Waals surface area contributed by atoms with Gasteiger partial charge in [-0.05, 0) is 6.42 Å². The van der Waals surface area contributed by atoms with Crippen LogP contribution in [-0.2, 0) is 23.9 Å². The predicted molar refractivity (Wildman–Crippen MR) is 111 cm³/mol. The van der Waals surface area contributed by atoms with Crippen LogP contribution in [0.5, 0.6) is 0 Å². The van der Waals surface area contributed by atoms with Crippen molar-refractivity contribution in [2.45, 2.75) is 53.9 Å². The van der Waals surface area contributed by atoms with Crippen LogP contribution in [0.15, 0.2) is 0 Å². The summed E-state index contributed by atoms with van der Waals surface area (Å²) in [6, 6.07) is 0. The van der Waals surface area contributed by atoms with Gasteiger partial charge in [0.25, 0.3) is 0 Å². The first kappa shape index (κ1) is 26.8. The van der Waals surface area contributed by atoms with E-state index in [-0.39, 0.29) is 42.6 Å². The number of ether oxygens (including phenoxy) is 1. The summed E-state index contributed by atoms with van der Waals surface area (Å²) in [5.41, 5.74) is -0.448. The third-order valence-corrected chi connectivity index (χ3v) is 4.10. The lowest BCUT2D eigenvalue weighted by Gasteiger charge is -2.17. The highest BCUT2D eigenvalue weighted by atomic mass is 16.5. The Morgan fingerprint density at radius 1 is 0.828 bits per heavy atom. The molecule has 0 aliphatic heterocycles. The van der Waals surface area contributed by atoms with E-state index in [4.69, 9.17) is 4.74 Å². The van der Waals surface area contributed by atoms with Crippen LogP contribution in [0.3, 0.4) is 0 Å². The highest BCUT2D eigenvalue weighted by Crippen LogP contribution is 2.11. The average molecular weight is 415 g/mol. The number of rotatable bonds is 14. The molecule has 1 unspecified atom stereocenters. The van der Waals surface area contributed by atoms with Gasteiger partial charge in [0.1, 0.15) is 0 Å². The normalized spacial score (nSPS) is 12.0. The Morgan fingerprint density at radius 3 is 1.97 bits per heavy atom. The van der Waals surface area contributed by atoms with Crippen molar-refractivity contribution in [1.29, 1.82) is 0 Å². The topological polar surface area (TPSA) is 126 Å². The summed E-state index contributed by atoms with van der Waals surface area (Å²) >= 11 is 0. The van der Waals surface area contributed by atoms with Gasteiger partial charge in [-0.3, -0.25) is 19.2 Å². The summed E-state index contributed by atoms with van der Waals surface area (Å²) in [6.45, 7) is 11.3.